The normalized spacial score (nSPS) is 14.2. The summed E-state index contributed by atoms with van der Waals surface area (Å²) < 4.78 is 84.4. The highest BCUT2D eigenvalue weighted by Crippen LogP contribution is 2.45. The molecule has 0 radical (unpaired) electrons. The Labute approximate surface area is 226 Å². The molecule has 0 bridgehead atoms. The van der Waals surface area contributed by atoms with Gasteiger partial charge in [-0.25, -0.2) is 0 Å². The van der Waals surface area contributed by atoms with Gasteiger partial charge in [0.05, 0.1) is 6.61 Å². The van der Waals surface area contributed by atoms with Crippen molar-refractivity contribution in [3.63, 3.8) is 0 Å². The fourth-order valence-corrected chi connectivity index (χ4v) is 4.82. The lowest BCUT2D eigenvalue weighted by molar-refractivity contribution is -0.347. The van der Waals surface area contributed by atoms with Gasteiger partial charge in [-0.3, -0.25) is 0 Å². The van der Waals surface area contributed by atoms with Crippen LogP contribution in [0.3, 0.4) is 0 Å². The summed E-state index contributed by atoms with van der Waals surface area (Å²) >= 11 is 0. The standard InChI is InChI=1S/C30H38F6O3/c1-6-27(7-2,25-12-13-26(22(5)18-25)39-19-20(3)9-8-16-37)24-11-10-23(21(4)17-24)14-15-28(38,29(31,32)33)30(34,35)36/h10-15,17-18,20,37-38H,6-9,16,19H2,1-5H3/b15-14+/t20-/m0/s1. The Kier molecular flexibility index (Phi) is 10.7. The fraction of sp³-hybridized carbons (Fsp3) is 0.533. The van der Waals surface area contributed by atoms with Gasteiger partial charge in [-0.05, 0) is 85.4 Å². The minimum Gasteiger partial charge on any atom is -0.493 e. The second kappa shape index (κ2) is 12.8. The molecule has 0 fully saturated rings. The molecule has 0 aliphatic carbocycles. The smallest absolute Gasteiger partial charge is 0.430 e. The molecule has 0 saturated carbocycles. The van der Waals surface area contributed by atoms with Crippen molar-refractivity contribution in [3.05, 3.63) is 70.3 Å². The molecule has 2 aromatic rings. The predicted octanol–water partition coefficient (Wildman–Crippen LogP) is 8.07. The first-order valence-electron chi connectivity index (χ1n) is 13.1. The highest BCUT2D eigenvalue weighted by Gasteiger charge is 2.68. The molecule has 1 atom stereocenters. The van der Waals surface area contributed by atoms with E-state index >= 15 is 0 Å². The van der Waals surface area contributed by atoms with Crippen molar-refractivity contribution in [2.24, 2.45) is 5.92 Å². The van der Waals surface area contributed by atoms with Crippen molar-refractivity contribution in [1.29, 1.82) is 0 Å². The van der Waals surface area contributed by atoms with Crippen molar-refractivity contribution in [2.45, 2.75) is 83.7 Å². The number of halogens is 6. The largest absolute Gasteiger partial charge is 0.493 e. The molecule has 2 aromatic carbocycles. The molecule has 0 aliphatic rings. The van der Waals surface area contributed by atoms with Crippen LogP contribution in [0.2, 0.25) is 0 Å². The van der Waals surface area contributed by atoms with Gasteiger partial charge in [-0.15, -0.1) is 0 Å². The molecule has 0 aliphatic heterocycles. The van der Waals surface area contributed by atoms with Gasteiger partial charge in [0.2, 0.25) is 0 Å². The number of hydrogen-bond acceptors (Lipinski definition) is 3. The number of aryl methyl sites for hydroxylation is 2. The van der Waals surface area contributed by atoms with Gasteiger partial charge in [0, 0.05) is 12.0 Å². The van der Waals surface area contributed by atoms with Crippen molar-refractivity contribution in [2.75, 3.05) is 13.2 Å². The fourth-order valence-electron chi connectivity index (χ4n) is 4.82. The lowest BCUT2D eigenvalue weighted by Gasteiger charge is -2.34. The second-order valence-corrected chi connectivity index (χ2v) is 10.2. The van der Waals surface area contributed by atoms with Crippen molar-refractivity contribution in [3.8, 4) is 5.75 Å². The zero-order chi connectivity index (χ0) is 29.6. The Hall–Kier alpha value is -2.52. The minimum atomic E-state index is -5.92. The molecule has 2 N–H and O–H groups in total. The molecule has 0 spiro atoms. The van der Waals surface area contributed by atoms with Crippen LogP contribution in [0.4, 0.5) is 26.3 Å². The van der Waals surface area contributed by atoms with Crippen LogP contribution in [0.15, 0.2) is 42.5 Å². The van der Waals surface area contributed by atoms with Crippen LogP contribution >= 0.6 is 0 Å². The van der Waals surface area contributed by atoms with E-state index in [9.17, 15) is 31.4 Å². The molecule has 0 amide bonds. The summed E-state index contributed by atoms with van der Waals surface area (Å²) in [5.41, 5.74) is -1.91. The number of aliphatic hydroxyl groups excluding tert-OH is 1. The first-order valence-corrected chi connectivity index (χ1v) is 13.1. The Morgan fingerprint density at radius 3 is 1.87 bits per heavy atom. The maximum atomic E-state index is 13.1. The van der Waals surface area contributed by atoms with E-state index in [0.717, 1.165) is 35.3 Å². The molecule has 3 nitrogen and oxygen atoms in total. The maximum Gasteiger partial charge on any atom is 0.430 e. The quantitative estimate of drug-likeness (QED) is 0.258. The van der Waals surface area contributed by atoms with E-state index in [1.807, 2.05) is 32.9 Å². The summed E-state index contributed by atoms with van der Waals surface area (Å²) in [7, 11) is 0. The van der Waals surface area contributed by atoms with Crippen molar-refractivity contribution in [1.82, 2.24) is 0 Å². The lowest BCUT2D eigenvalue weighted by Crippen LogP contribution is -2.55. The van der Waals surface area contributed by atoms with Gasteiger partial charge < -0.3 is 14.9 Å². The molecule has 9 heteroatoms. The third-order valence-corrected chi connectivity index (χ3v) is 7.50. The molecule has 0 aromatic heterocycles. The van der Waals surface area contributed by atoms with Crippen LogP contribution in [0.1, 0.15) is 74.3 Å². The summed E-state index contributed by atoms with van der Waals surface area (Å²) in [6.45, 7) is 10.4. The Morgan fingerprint density at radius 2 is 1.41 bits per heavy atom. The molecular formula is C30H38F6O3. The second-order valence-electron chi connectivity index (χ2n) is 10.2. The van der Waals surface area contributed by atoms with Crippen LogP contribution in [0.5, 0.6) is 5.75 Å². The van der Waals surface area contributed by atoms with Crippen LogP contribution < -0.4 is 4.74 Å². The lowest BCUT2D eigenvalue weighted by atomic mass is 9.70. The van der Waals surface area contributed by atoms with Crippen LogP contribution in [-0.4, -0.2) is 41.4 Å². The zero-order valence-corrected chi connectivity index (χ0v) is 23.0. The number of benzene rings is 2. The molecule has 39 heavy (non-hydrogen) atoms. The van der Waals surface area contributed by atoms with E-state index in [1.54, 1.807) is 19.1 Å². The summed E-state index contributed by atoms with van der Waals surface area (Å²) in [6.07, 6.45) is -8.42. The minimum absolute atomic E-state index is 0.141. The Bertz CT molecular complexity index is 1100. The van der Waals surface area contributed by atoms with E-state index in [4.69, 9.17) is 9.84 Å². The Balaban J connectivity index is 2.40. The number of alkyl halides is 6. The van der Waals surface area contributed by atoms with E-state index in [2.05, 4.69) is 13.0 Å². The average molecular weight is 561 g/mol. The monoisotopic (exact) mass is 560 g/mol. The van der Waals surface area contributed by atoms with E-state index in [-0.39, 0.29) is 18.2 Å². The predicted molar refractivity (Wildman–Crippen MR) is 141 cm³/mol. The summed E-state index contributed by atoms with van der Waals surface area (Å²) in [5.74, 6) is 1.05. The summed E-state index contributed by atoms with van der Waals surface area (Å²) in [5, 5.41) is 18.4. The van der Waals surface area contributed by atoms with Crippen LogP contribution in [0.25, 0.3) is 6.08 Å². The molecule has 0 heterocycles. The molecule has 0 unspecified atom stereocenters. The number of aliphatic hydroxyl groups is 2. The van der Waals surface area contributed by atoms with Gasteiger partial charge >= 0.3 is 12.4 Å². The van der Waals surface area contributed by atoms with Gasteiger partial charge in [-0.1, -0.05) is 57.2 Å². The van der Waals surface area contributed by atoms with E-state index < -0.39 is 23.4 Å². The maximum absolute atomic E-state index is 13.1. The molecule has 218 valence electrons. The average Bonchev–Trinajstić information content (AvgIpc) is 2.86. The first kappa shape index (κ1) is 32.7. The van der Waals surface area contributed by atoms with Gasteiger partial charge in [0.15, 0.2) is 0 Å². The topological polar surface area (TPSA) is 49.7 Å². The highest BCUT2D eigenvalue weighted by atomic mass is 19.4. The number of rotatable bonds is 12. The third-order valence-electron chi connectivity index (χ3n) is 7.50. The first-order chi connectivity index (χ1) is 18.1. The molecular weight excluding hydrogens is 522 g/mol. The zero-order valence-electron chi connectivity index (χ0n) is 23.0. The number of ether oxygens (including phenoxy) is 1. The van der Waals surface area contributed by atoms with E-state index in [1.165, 1.54) is 6.07 Å². The van der Waals surface area contributed by atoms with Gasteiger partial charge in [0.1, 0.15) is 5.75 Å². The van der Waals surface area contributed by atoms with Crippen molar-refractivity contribution >= 4 is 6.08 Å². The van der Waals surface area contributed by atoms with E-state index in [0.29, 0.717) is 37.0 Å². The molecule has 2 rings (SSSR count). The van der Waals surface area contributed by atoms with Crippen molar-refractivity contribution < 1.29 is 41.3 Å². The van der Waals surface area contributed by atoms with Gasteiger partial charge in [0.25, 0.3) is 5.60 Å². The molecule has 0 saturated heterocycles. The van der Waals surface area contributed by atoms with Gasteiger partial charge in [-0.2, -0.15) is 26.3 Å². The highest BCUT2D eigenvalue weighted by molar-refractivity contribution is 5.57. The summed E-state index contributed by atoms with van der Waals surface area (Å²) in [4.78, 5) is 0. The summed E-state index contributed by atoms with van der Waals surface area (Å²) in [6, 6.07) is 10.9. The third kappa shape index (κ3) is 7.17. The SMILES string of the molecule is CCC(CC)(c1ccc(/C=C/C(O)(C(F)(F)F)C(F)(F)F)c(C)c1)c1ccc(OC[C@@H](C)CCCO)c(C)c1. The Morgan fingerprint density at radius 1 is 0.872 bits per heavy atom. The number of hydrogen-bond donors (Lipinski definition) is 2. The van der Waals surface area contributed by atoms with Crippen LogP contribution in [-0.2, 0) is 5.41 Å². The van der Waals surface area contributed by atoms with Crippen LogP contribution in [0, 0.1) is 19.8 Å².